The van der Waals surface area contributed by atoms with Crippen LogP contribution in [0.1, 0.15) is 0 Å². The number of hydrogen-bond donors (Lipinski definition) is 5. The molecule has 5 N–H and O–H groups in total. The van der Waals surface area contributed by atoms with Crippen LogP contribution in [0.25, 0.3) is 0 Å². The van der Waals surface area contributed by atoms with Gasteiger partial charge >= 0.3 is 6.03 Å². The number of rotatable bonds is 2. The molecule has 0 aromatic rings. The lowest BCUT2D eigenvalue weighted by molar-refractivity contribution is -0.0886. The maximum atomic E-state index is 11.6. The first kappa shape index (κ1) is 13.8. The Morgan fingerprint density at radius 3 is 2.61 bits per heavy atom. The SMILES string of the molecule is O=C1NC(O)C(Cl)CN1[C@@H]1O[C@H](CO)[C@@H](O)[C@@H]1O. The van der Waals surface area contributed by atoms with Crippen LogP contribution in [-0.4, -0.2) is 80.7 Å². The molecule has 8 nitrogen and oxygen atoms in total. The lowest BCUT2D eigenvalue weighted by Crippen LogP contribution is -2.62. The molecule has 0 saturated carbocycles. The highest BCUT2D eigenvalue weighted by molar-refractivity contribution is 6.21. The predicted octanol–water partition coefficient (Wildman–Crippen LogP) is -2.62. The van der Waals surface area contributed by atoms with Crippen molar-refractivity contribution < 1.29 is 30.0 Å². The van der Waals surface area contributed by atoms with Crippen molar-refractivity contribution in [3.05, 3.63) is 0 Å². The second kappa shape index (κ2) is 5.16. The molecular weight excluding hydrogens is 268 g/mol. The van der Waals surface area contributed by atoms with E-state index in [9.17, 15) is 20.1 Å². The molecule has 2 amide bonds. The van der Waals surface area contributed by atoms with E-state index < -0.39 is 48.8 Å². The second-order valence-corrected chi connectivity index (χ2v) is 4.85. The third-order valence-electron chi connectivity index (χ3n) is 3.07. The lowest BCUT2D eigenvalue weighted by atomic mass is 10.1. The largest absolute Gasteiger partial charge is 0.394 e. The van der Waals surface area contributed by atoms with Crippen LogP contribution in [-0.2, 0) is 4.74 Å². The summed E-state index contributed by atoms with van der Waals surface area (Å²) in [6, 6.07) is -0.658. The zero-order chi connectivity index (χ0) is 13.4. The standard InChI is InChI=1S/C9H15ClN2O6/c10-3-1-12(9(17)11-7(3)16)8-6(15)5(14)4(2-13)18-8/h3-8,13-16H,1-2H2,(H,11,17)/t3?,4-,5-,6+,7?,8-/m1/s1. The highest BCUT2D eigenvalue weighted by Gasteiger charge is 2.48. The van der Waals surface area contributed by atoms with Crippen LogP contribution < -0.4 is 5.32 Å². The highest BCUT2D eigenvalue weighted by Crippen LogP contribution is 2.26. The number of nitrogens with one attached hydrogen (secondary N) is 1. The van der Waals surface area contributed by atoms with Gasteiger partial charge in [0.05, 0.1) is 12.0 Å². The molecule has 2 rings (SSSR count). The summed E-state index contributed by atoms with van der Waals surface area (Å²) in [5.41, 5.74) is 0. The molecule has 2 aliphatic heterocycles. The molecule has 0 aromatic carbocycles. The summed E-state index contributed by atoms with van der Waals surface area (Å²) in [4.78, 5) is 12.7. The Morgan fingerprint density at radius 2 is 2.06 bits per heavy atom. The molecule has 0 radical (unpaired) electrons. The summed E-state index contributed by atoms with van der Waals surface area (Å²) in [6.07, 6.45) is -5.86. The number of hydrogen-bond acceptors (Lipinski definition) is 6. The first-order valence-corrected chi connectivity index (χ1v) is 5.91. The van der Waals surface area contributed by atoms with E-state index in [4.69, 9.17) is 21.4 Å². The van der Waals surface area contributed by atoms with Gasteiger partial charge in [0.25, 0.3) is 0 Å². The Hall–Kier alpha value is -0.640. The molecule has 2 saturated heterocycles. The van der Waals surface area contributed by atoms with Gasteiger partial charge in [0.1, 0.15) is 24.5 Å². The van der Waals surface area contributed by atoms with Gasteiger partial charge in [0.2, 0.25) is 0 Å². The average molecular weight is 283 g/mol. The normalized spacial score (nSPS) is 45.2. The van der Waals surface area contributed by atoms with E-state index in [0.717, 1.165) is 4.90 Å². The Labute approximate surface area is 108 Å². The van der Waals surface area contributed by atoms with Crippen LogP contribution in [0.3, 0.4) is 0 Å². The smallest absolute Gasteiger partial charge is 0.321 e. The maximum absolute atomic E-state index is 11.6. The topological polar surface area (TPSA) is 122 Å². The first-order chi connectivity index (χ1) is 8.45. The Kier molecular flexibility index (Phi) is 3.95. The molecule has 0 spiro atoms. The highest BCUT2D eigenvalue weighted by atomic mass is 35.5. The molecular formula is C9H15ClN2O6. The zero-order valence-electron chi connectivity index (χ0n) is 9.31. The molecule has 2 aliphatic rings. The van der Waals surface area contributed by atoms with Crippen LogP contribution in [0.2, 0.25) is 0 Å². The summed E-state index contributed by atoms with van der Waals surface area (Å²) in [5.74, 6) is 0. The fourth-order valence-electron chi connectivity index (χ4n) is 2.03. The van der Waals surface area contributed by atoms with Gasteiger partial charge in [-0.2, -0.15) is 0 Å². The van der Waals surface area contributed by atoms with Gasteiger partial charge in [-0.1, -0.05) is 0 Å². The van der Waals surface area contributed by atoms with Crippen molar-refractivity contribution >= 4 is 17.6 Å². The fourth-order valence-corrected chi connectivity index (χ4v) is 2.24. The van der Waals surface area contributed by atoms with Crippen molar-refractivity contribution in [3.63, 3.8) is 0 Å². The molecule has 0 aromatic heterocycles. The molecule has 104 valence electrons. The van der Waals surface area contributed by atoms with Gasteiger partial charge in [-0.05, 0) is 0 Å². The van der Waals surface area contributed by atoms with Gasteiger partial charge in [0, 0.05) is 6.54 Å². The third-order valence-corrected chi connectivity index (χ3v) is 3.45. The van der Waals surface area contributed by atoms with Crippen LogP contribution >= 0.6 is 11.6 Å². The van der Waals surface area contributed by atoms with E-state index >= 15 is 0 Å². The number of amides is 2. The first-order valence-electron chi connectivity index (χ1n) is 5.47. The number of aliphatic hydroxyl groups excluding tert-OH is 4. The third kappa shape index (κ3) is 2.27. The number of urea groups is 1. The van der Waals surface area contributed by atoms with E-state index in [0.29, 0.717) is 0 Å². The minimum Gasteiger partial charge on any atom is -0.394 e. The number of alkyl halides is 1. The molecule has 18 heavy (non-hydrogen) atoms. The van der Waals surface area contributed by atoms with Crippen molar-refractivity contribution in [1.29, 1.82) is 0 Å². The number of carbonyl (C=O) groups excluding carboxylic acids is 1. The average Bonchev–Trinajstić information content (AvgIpc) is 2.61. The lowest BCUT2D eigenvalue weighted by Gasteiger charge is -2.37. The summed E-state index contributed by atoms with van der Waals surface area (Å²) >= 11 is 5.80. The Balaban J connectivity index is 2.10. The molecule has 0 aliphatic carbocycles. The van der Waals surface area contributed by atoms with Crippen LogP contribution in [0.15, 0.2) is 0 Å². The second-order valence-electron chi connectivity index (χ2n) is 4.29. The van der Waals surface area contributed by atoms with Crippen molar-refractivity contribution in [3.8, 4) is 0 Å². The van der Waals surface area contributed by atoms with Crippen LogP contribution in [0, 0.1) is 0 Å². The summed E-state index contributed by atoms with van der Waals surface area (Å²) in [5, 5.41) is 39.1. The fraction of sp³-hybridized carbons (Fsp3) is 0.889. The van der Waals surface area contributed by atoms with Gasteiger partial charge in [-0.3, -0.25) is 4.90 Å². The van der Waals surface area contributed by atoms with E-state index in [1.807, 2.05) is 0 Å². The summed E-state index contributed by atoms with van der Waals surface area (Å²) in [7, 11) is 0. The number of nitrogens with zero attached hydrogens (tertiary/aromatic N) is 1. The van der Waals surface area contributed by atoms with Gasteiger partial charge in [-0.25, -0.2) is 4.79 Å². The van der Waals surface area contributed by atoms with E-state index in [2.05, 4.69) is 5.32 Å². The van der Waals surface area contributed by atoms with Crippen LogP contribution in [0.4, 0.5) is 4.79 Å². The number of ether oxygens (including phenoxy) is 1. The van der Waals surface area contributed by atoms with E-state index in [1.165, 1.54) is 0 Å². The van der Waals surface area contributed by atoms with E-state index in [1.54, 1.807) is 0 Å². The van der Waals surface area contributed by atoms with Crippen molar-refractivity contribution in [2.75, 3.05) is 13.2 Å². The number of carbonyl (C=O) groups is 1. The minimum absolute atomic E-state index is 0.0405. The van der Waals surface area contributed by atoms with Crippen molar-refractivity contribution in [2.24, 2.45) is 0 Å². The molecule has 2 unspecified atom stereocenters. The minimum atomic E-state index is -1.34. The maximum Gasteiger partial charge on any atom is 0.321 e. The predicted molar refractivity (Wildman–Crippen MR) is 58.6 cm³/mol. The zero-order valence-corrected chi connectivity index (χ0v) is 10.1. The van der Waals surface area contributed by atoms with Crippen LogP contribution in [0.5, 0.6) is 0 Å². The molecule has 2 fully saturated rings. The number of halogens is 1. The molecule has 9 heteroatoms. The quantitative estimate of drug-likeness (QED) is 0.353. The van der Waals surface area contributed by atoms with Crippen molar-refractivity contribution in [2.45, 2.75) is 36.1 Å². The molecule has 6 atom stereocenters. The van der Waals surface area contributed by atoms with Gasteiger partial charge in [-0.15, -0.1) is 11.6 Å². The molecule has 0 bridgehead atoms. The van der Waals surface area contributed by atoms with E-state index in [-0.39, 0.29) is 6.54 Å². The van der Waals surface area contributed by atoms with Crippen molar-refractivity contribution in [1.82, 2.24) is 10.2 Å². The van der Waals surface area contributed by atoms with Gasteiger partial charge < -0.3 is 30.5 Å². The van der Waals surface area contributed by atoms with Gasteiger partial charge in [0.15, 0.2) is 6.23 Å². The molecule has 2 heterocycles. The summed E-state index contributed by atoms with van der Waals surface area (Å²) < 4.78 is 5.20. The summed E-state index contributed by atoms with van der Waals surface area (Å²) in [6.45, 7) is -0.516. The Morgan fingerprint density at radius 1 is 1.39 bits per heavy atom. The number of aliphatic hydroxyl groups is 4. The monoisotopic (exact) mass is 282 g/mol. The Bertz CT molecular complexity index is 332.